The van der Waals surface area contributed by atoms with Gasteiger partial charge in [-0.2, -0.15) is 0 Å². The van der Waals surface area contributed by atoms with Crippen LogP contribution in [0.1, 0.15) is 42.8 Å². The van der Waals surface area contributed by atoms with Gasteiger partial charge in [-0.25, -0.2) is 18.4 Å². The highest BCUT2D eigenvalue weighted by atomic mass is 35.5. The Labute approximate surface area is 261 Å². The summed E-state index contributed by atoms with van der Waals surface area (Å²) in [5, 5.41) is 3.94. The minimum absolute atomic E-state index is 0.426. The van der Waals surface area contributed by atoms with Crippen molar-refractivity contribution in [2.24, 2.45) is 0 Å². The summed E-state index contributed by atoms with van der Waals surface area (Å²) >= 11 is 6.71. The van der Waals surface area contributed by atoms with E-state index in [4.69, 9.17) is 21.6 Å². The van der Waals surface area contributed by atoms with E-state index >= 15 is 0 Å². The molecule has 6 rings (SSSR count). The summed E-state index contributed by atoms with van der Waals surface area (Å²) in [4.78, 5) is 19.3. The molecule has 43 heavy (non-hydrogen) atoms. The number of fused-ring (bicyclic) bond motifs is 2. The van der Waals surface area contributed by atoms with Crippen molar-refractivity contribution in [2.75, 3.05) is 63.7 Å². The third-order valence-electron chi connectivity index (χ3n) is 9.30. The lowest BCUT2D eigenvalue weighted by atomic mass is 10.0. The molecule has 0 amide bonds. The fourth-order valence-corrected chi connectivity index (χ4v) is 8.58. The molecule has 1 aromatic heterocycles. The third-order valence-corrected chi connectivity index (χ3v) is 11.5. The Hall–Kier alpha value is -2.72. The van der Waals surface area contributed by atoms with Crippen molar-refractivity contribution in [2.45, 2.75) is 56.4 Å². The van der Waals surface area contributed by atoms with E-state index in [9.17, 15) is 8.42 Å². The normalized spacial score (nSPS) is 21.5. The van der Waals surface area contributed by atoms with Crippen LogP contribution in [0.3, 0.4) is 0 Å². The first-order chi connectivity index (χ1) is 20.7. The van der Waals surface area contributed by atoms with E-state index in [0.29, 0.717) is 38.6 Å². The summed E-state index contributed by atoms with van der Waals surface area (Å²) < 4.78 is 26.3. The highest BCUT2D eigenvalue weighted by molar-refractivity contribution is 7.94. The van der Waals surface area contributed by atoms with E-state index in [-0.39, 0.29) is 0 Å². The lowest BCUT2D eigenvalue weighted by Crippen LogP contribution is -2.35. The number of sulfone groups is 1. The number of hydrogen-bond donors (Lipinski definition) is 0. The summed E-state index contributed by atoms with van der Waals surface area (Å²) in [5.41, 5.74) is 3.33. The van der Waals surface area contributed by atoms with Gasteiger partial charge < -0.3 is 19.6 Å². The Morgan fingerprint density at radius 1 is 1.05 bits per heavy atom. The maximum atomic E-state index is 13.2. The molecular weight excluding hydrogens is 580 g/mol. The fraction of sp³-hybridized carbons (Fsp3) is 0.515. The van der Waals surface area contributed by atoms with Crippen molar-refractivity contribution in [3.05, 3.63) is 70.0 Å². The first kappa shape index (κ1) is 30.3. The maximum absolute atomic E-state index is 13.2. The predicted octanol–water partition coefficient (Wildman–Crippen LogP) is 4.94. The van der Waals surface area contributed by atoms with Gasteiger partial charge in [0.05, 0.1) is 22.5 Å². The smallest absolute Gasteiger partial charge is 0.176 e. The van der Waals surface area contributed by atoms with Crippen LogP contribution in [0.5, 0.6) is 0 Å². The van der Waals surface area contributed by atoms with Gasteiger partial charge in [-0.05, 0) is 77.3 Å². The summed E-state index contributed by atoms with van der Waals surface area (Å²) in [6, 6.07) is 13.0. The predicted molar refractivity (Wildman–Crippen MR) is 177 cm³/mol. The van der Waals surface area contributed by atoms with Gasteiger partial charge in [-0.15, -0.1) is 0 Å². The number of anilines is 2. The molecule has 0 radical (unpaired) electrons. The van der Waals surface area contributed by atoms with Crippen LogP contribution in [-0.2, 0) is 29.2 Å². The van der Waals surface area contributed by atoms with Crippen LogP contribution in [0.25, 0.3) is 10.8 Å². The molecule has 2 saturated heterocycles. The van der Waals surface area contributed by atoms with Crippen LogP contribution in [-0.4, -0.2) is 93.3 Å². The molecule has 3 aliphatic heterocycles. The molecule has 3 aliphatic rings. The van der Waals surface area contributed by atoms with Gasteiger partial charge >= 0.3 is 0 Å². The molecule has 8 nitrogen and oxygen atoms in total. The number of hydrogen-bond acceptors (Lipinski definition) is 8. The van der Waals surface area contributed by atoms with Crippen LogP contribution < -0.4 is 9.80 Å². The molecule has 10 heteroatoms. The van der Waals surface area contributed by atoms with Crippen LogP contribution in [0.4, 0.5) is 11.5 Å². The lowest BCUT2D eigenvalue weighted by Gasteiger charge is -2.33. The van der Waals surface area contributed by atoms with E-state index in [2.05, 4.69) is 46.0 Å². The van der Waals surface area contributed by atoms with Gasteiger partial charge in [0.1, 0.15) is 11.6 Å². The summed E-state index contributed by atoms with van der Waals surface area (Å²) in [7, 11) is 2.74. The van der Waals surface area contributed by atoms with E-state index < -0.39 is 15.1 Å². The number of rotatable bonds is 9. The molecule has 2 aromatic carbocycles. The van der Waals surface area contributed by atoms with E-state index in [1.54, 1.807) is 6.08 Å². The number of aryl methyl sites for hydroxylation is 1. The minimum atomic E-state index is -3.34. The second-order valence-corrected chi connectivity index (χ2v) is 15.1. The Morgan fingerprint density at radius 3 is 2.63 bits per heavy atom. The fourth-order valence-electron chi connectivity index (χ4n) is 6.91. The highest BCUT2D eigenvalue weighted by Crippen LogP contribution is 2.37. The van der Waals surface area contributed by atoms with Crippen molar-refractivity contribution in [3.63, 3.8) is 0 Å². The van der Waals surface area contributed by atoms with Crippen LogP contribution in [0.2, 0.25) is 5.02 Å². The van der Waals surface area contributed by atoms with Gasteiger partial charge in [0.15, 0.2) is 9.84 Å². The zero-order valence-corrected chi connectivity index (χ0v) is 27.1. The average Bonchev–Trinajstić information content (AvgIpc) is 3.65. The van der Waals surface area contributed by atoms with Crippen molar-refractivity contribution in [1.82, 2.24) is 19.8 Å². The topological polar surface area (TPSA) is 72.9 Å². The Kier molecular flexibility index (Phi) is 8.96. The monoisotopic (exact) mass is 622 g/mol. The van der Waals surface area contributed by atoms with E-state index in [1.807, 2.05) is 31.1 Å². The molecule has 0 N–H and O–H groups in total. The largest absolute Gasteiger partial charge is 0.365 e. The highest BCUT2D eigenvalue weighted by Gasteiger charge is 2.35. The maximum Gasteiger partial charge on any atom is 0.176 e. The van der Waals surface area contributed by atoms with Gasteiger partial charge in [-0.3, -0.25) is 0 Å². The number of benzene rings is 2. The quantitative estimate of drug-likeness (QED) is 0.332. The molecule has 4 heterocycles. The van der Waals surface area contributed by atoms with Crippen molar-refractivity contribution < 1.29 is 8.42 Å². The molecule has 3 aromatic rings. The second kappa shape index (κ2) is 12.7. The Bertz CT molecular complexity index is 1610. The average molecular weight is 623 g/mol. The molecule has 0 bridgehead atoms. The van der Waals surface area contributed by atoms with Gasteiger partial charge in [0.2, 0.25) is 0 Å². The number of likely N-dealkylation sites (tertiary alicyclic amines) is 1. The molecular formula is C33H43ClN6O2S. The van der Waals surface area contributed by atoms with Crippen LogP contribution >= 0.6 is 11.6 Å². The molecule has 0 aliphatic carbocycles. The van der Waals surface area contributed by atoms with Gasteiger partial charge in [-0.1, -0.05) is 41.9 Å². The number of nitrogens with zero attached hydrogens (tertiary/aromatic N) is 6. The molecule has 2 atom stereocenters. The number of aromatic nitrogens is 2. The van der Waals surface area contributed by atoms with Gasteiger partial charge in [0, 0.05) is 60.7 Å². The first-order valence-electron chi connectivity index (χ1n) is 15.5. The standard InChI is InChI=1S/C33H43ClN6O2S/c1-37(2)17-7-21-43(41,42)26-15-19-40(22-26)33-27-16-20-39(30-12-5-9-24-8-4-11-28(34)32(24)30)23-29(27)35-31(36-33)14-13-25-10-6-18-38(25)3/h4-5,7-9,11-12,21,25-26H,6,10,13-20,22-23H2,1-3H3/b21-7+/t25-,26?/m0/s1. The second-order valence-electron chi connectivity index (χ2n) is 12.6. The van der Waals surface area contributed by atoms with Crippen molar-refractivity contribution >= 4 is 43.7 Å². The van der Waals surface area contributed by atoms with Crippen molar-refractivity contribution in [1.29, 1.82) is 0 Å². The molecule has 0 saturated carbocycles. The first-order valence-corrected chi connectivity index (χ1v) is 17.5. The molecule has 1 unspecified atom stereocenters. The lowest BCUT2D eigenvalue weighted by molar-refractivity contribution is 0.295. The van der Waals surface area contributed by atoms with E-state index in [0.717, 1.165) is 76.7 Å². The number of halogens is 1. The minimum Gasteiger partial charge on any atom is -0.365 e. The van der Waals surface area contributed by atoms with Gasteiger partial charge in [0.25, 0.3) is 0 Å². The van der Waals surface area contributed by atoms with Crippen LogP contribution in [0, 0.1) is 0 Å². The zero-order chi connectivity index (χ0) is 30.1. The summed E-state index contributed by atoms with van der Waals surface area (Å²) in [6.07, 6.45) is 7.47. The number of likely N-dealkylation sites (N-methyl/N-ethyl adjacent to an activating group) is 1. The molecule has 0 spiro atoms. The van der Waals surface area contributed by atoms with Crippen LogP contribution in [0.15, 0.2) is 47.9 Å². The van der Waals surface area contributed by atoms with E-state index in [1.165, 1.54) is 18.2 Å². The van der Waals surface area contributed by atoms with Crippen molar-refractivity contribution in [3.8, 4) is 0 Å². The zero-order valence-electron chi connectivity index (χ0n) is 25.5. The molecule has 230 valence electrons. The molecule has 2 fully saturated rings. The summed E-state index contributed by atoms with van der Waals surface area (Å²) in [5.74, 6) is 1.80. The summed E-state index contributed by atoms with van der Waals surface area (Å²) in [6.45, 7) is 4.40. The third kappa shape index (κ3) is 6.55. The Morgan fingerprint density at radius 2 is 1.86 bits per heavy atom. The SMILES string of the molecule is CN(C)C/C=C/S(=O)(=O)C1CCN(c2nc(CC[C@@H]3CCCN3C)nc3c2CCN(c2cccc4cccc(Cl)c24)C3)C1. The Balaban J connectivity index is 1.30.